The summed E-state index contributed by atoms with van der Waals surface area (Å²) >= 11 is 1.42. The van der Waals surface area contributed by atoms with Crippen LogP contribution in [0.25, 0.3) is 0 Å². The van der Waals surface area contributed by atoms with Crippen LogP contribution in [0.4, 0.5) is 4.39 Å². The third-order valence-electron chi connectivity index (χ3n) is 5.14. The van der Waals surface area contributed by atoms with Gasteiger partial charge in [0, 0.05) is 42.8 Å². The summed E-state index contributed by atoms with van der Waals surface area (Å²) in [5, 5.41) is 3.20. The van der Waals surface area contributed by atoms with Gasteiger partial charge in [0.05, 0.1) is 15.9 Å². The minimum Gasteiger partial charge on any atom is -0.349 e. The highest BCUT2D eigenvalue weighted by Gasteiger charge is 2.34. The molecule has 2 unspecified atom stereocenters. The summed E-state index contributed by atoms with van der Waals surface area (Å²) in [5.41, 5.74) is 0. The molecule has 8 nitrogen and oxygen atoms in total. The van der Waals surface area contributed by atoms with E-state index >= 15 is 0 Å². The molecule has 1 aromatic heterocycles. The number of carbonyl (C=O) groups is 3. The summed E-state index contributed by atoms with van der Waals surface area (Å²) in [7, 11) is -4.10. The summed E-state index contributed by atoms with van der Waals surface area (Å²) in [6, 6.07) is 3.12. The molecule has 32 heavy (non-hydrogen) atoms. The number of ketones is 2. The van der Waals surface area contributed by atoms with Crippen LogP contribution >= 0.6 is 11.3 Å². The number of hydrogen-bond acceptors (Lipinski definition) is 7. The van der Waals surface area contributed by atoms with E-state index in [1.165, 1.54) is 11.3 Å². The Hall–Kier alpha value is -2.50. The number of sulfonamides is 1. The number of amides is 1. The van der Waals surface area contributed by atoms with Crippen molar-refractivity contribution >= 4 is 38.8 Å². The van der Waals surface area contributed by atoms with Gasteiger partial charge in [-0.25, -0.2) is 22.5 Å². The van der Waals surface area contributed by atoms with Gasteiger partial charge in [-0.15, -0.1) is 11.3 Å². The van der Waals surface area contributed by atoms with Crippen molar-refractivity contribution in [2.45, 2.75) is 44.0 Å². The lowest BCUT2D eigenvalue weighted by Crippen LogP contribution is -2.46. The maximum atomic E-state index is 13.2. The van der Waals surface area contributed by atoms with E-state index in [1.807, 2.05) is 0 Å². The highest BCUT2D eigenvalue weighted by Crippen LogP contribution is 2.23. The van der Waals surface area contributed by atoms with E-state index in [0.717, 1.165) is 29.1 Å². The lowest BCUT2D eigenvalue weighted by molar-refractivity contribution is -0.141. The third kappa shape index (κ3) is 5.84. The smallest absolute Gasteiger partial charge is 0.287 e. The summed E-state index contributed by atoms with van der Waals surface area (Å²) in [6.07, 6.45) is 2.07. The van der Waals surface area contributed by atoms with Gasteiger partial charge in [0.2, 0.25) is 15.8 Å². The van der Waals surface area contributed by atoms with Crippen LogP contribution < -0.4 is 10.0 Å². The number of Topliss-reactive ketones (excluding diaryl/α,β-unsaturated/α-hetero) is 2. The van der Waals surface area contributed by atoms with Crippen LogP contribution in [-0.4, -0.2) is 43.5 Å². The molecule has 1 aliphatic rings. The van der Waals surface area contributed by atoms with Crippen molar-refractivity contribution in [1.29, 1.82) is 0 Å². The summed E-state index contributed by atoms with van der Waals surface area (Å²) < 4.78 is 41.0. The van der Waals surface area contributed by atoms with Gasteiger partial charge < -0.3 is 5.32 Å². The molecule has 2 aromatic rings. The summed E-state index contributed by atoms with van der Waals surface area (Å²) in [4.78, 5) is 43.1. The van der Waals surface area contributed by atoms with Gasteiger partial charge in [-0.3, -0.25) is 14.4 Å². The molecule has 1 aliphatic heterocycles. The Morgan fingerprint density at radius 1 is 1.28 bits per heavy atom. The maximum Gasteiger partial charge on any atom is 0.287 e. The molecule has 2 bridgehead atoms. The molecular weight excluding hydrogens is 457 g/mol. The summed E-state index contributed by atoms with van der Waals surface area (Å²) in [6.45, 7) is 3.63. The fourth-order valence-corrected chi connectivity index (χ4v) is 5.76. The van der Waals surface area contributed by atoms with E-state index in [1.54, 1.807) is 20.0 Å². The molecule has 2 atom stereocenters. The van der Waals surface area contributed by atoms with Crippen LogP contribution in [0.1, 0.15) is 30.2 Å². The molecule has 172 valence electrons. The molecule has 0 spiro atoms. The van der Waals surface area contributed by atoms with Crippen molar-refractivity contribution in [3.8, 4) is 0 Å². The monoisotopic (exact) mass is 481 g/mol. The van der Waals surface area contributed by atoms with Gasteiger partial charge in [-0.2, -0.15) is 0 Å². The highest BCUT2D eigenvalue weighted by atomic mass is 32.2. The molecule has 2 heterocycles. The zero-order valence-corrected chi connectivity index (χ0v) is 19.3. The maximum absolute atomic E-state index is 13.2. The van der Waals surface area contributed by atoms with Crippen LogP contribution in [0.5, 0.6) is 0 Å². The number of carbonyl (C=O) groups excluding carboxylic acids is 3. The van der Waals surface area contributed by atoms with Crippen molar-refractivity contribution in [3.05, 3.63) is 46.2 Å². The highest BCUT2D eigenvalue weighted by molar-refractivity contribution is 7.89. The average Bonchev–Trinajstić information content (AvgIpc) is 3.17. The molecule has 0 saturated heterocycles. The fourth-order valence-electron chi connectivity index (χ4n) is 3.39. The van der Waals surface area contributed by atoms with Crippen LogP contribution in [0.3, 0.4) is 0 Å². The van der Waals surface area contributed by atoms with Crippen molar-refractivity contribution in [1.82, 2.24) is 15.0 Å². The number of nitrogens with one attached hydrogen (secondary N) is 2. The first-order valence-corrected chi connectivity index (χ1v) is 12.4. The molecule has 1 aromatic carbocycles. The van der Waals surface area contributed by atoms with Gasteiger partial charge in [0.25, 0.3) is 5.91 Å². The minimum absolute atomic E-state index is 0.123. The number of nitrogens with zero attached hydrogens (tertiary/aromatic N) is 1. The molecule has 3 rings (SSSR count). The van der Waals surface area contributed by atoms with E-state index in [0.29, 0.717) is 18.0 Å². The normalized spacial score (nSPS) is 18.3. The molecular formula is C21H24FN3O5S2. The number of rotatable bonds is 7. The van der Waals surface area contributed by atoms with Gasteiger partial charge >= 0.3 is 0 Å². The number of benzene rings is 1. The molecule has 1 amide bonds. The topological polar surface area (TPSA) is 122 Å². The zero-order valence-electron chi connectivity index (χ0n) is 17.6. The second-order valence-corrected chi connectivity index (χ2v) is 10.9. The first kappa shape index (κ1) is 24.1. The third-order valence-corrected chi connectivity index (χ3v) is 7.68. The Balaban J connectivity index is 1.81. The van der Waals surface area contributed by atoms with Gasteiger partial charge in [0.15, 0.2) is 5.78 Å². The van der Waals surface area contributed by atoms with E-state index in [9.17, 15) is 27.2 Å². The van der Waals surface area contributed by atoms with Crippen molar-refractivity contribution < 1.29 is 27.2 Å². The van der Waals surface area contributed by atoms with Gasteiger partial charge in [0.1, 0.15) is 5.82 Å². The Morgan fingerprint density at radius 2 is 1.97 bits per heavy atom. The van der Waals surface area contributed by atoms with E-state index in [2.05, 4.69) is 15.0 Å². The quantitative estimate of drug-likeness (QED) is 0.580. The second-order valence-electron chi connectivity index (χ2n) is 7.96. The first-order valence-electron chi connectivity index (χ1n) is 10.1. The fraction of sp³-hybridized carbons (Fsp3) is 0.429. The molecule has 0 aliphatic carbocycles. The molecule has 2 N–H and O–H groups in total. The molecule has 0 fully saturated rings. The lowest BCUT2D eigenvalue weighted by Gasteiger charge is -2.23. The average molecular weight is 482 g/mol. The van der Waals surface area contributed by atoms with E-state index < -0.39 is 51.2 Å². The Bertz CT molecular complexity index is 1110. The Labute approximate surface area is 189 Å². The number of fused-ring (bicyclic) bond motifs is 2. The zero-order chi connectivity index (χ0) is 23.5. The predicted octanol–water partition coefficient (Wildman–Crippen LogP) is 1.64. The van der Waals surface area contributed by atoms with E-state index in [-0.39, 0.29) is 17.7 Å². The Morgan fingerprint density at radius 3 is 2.62 bits per heavy atom. The Kier molecular flexibility index (Phi) is 7.52. The van der Waals surface area contributed by atoms with Crippen LogP contribution in [0.15, 0.2) is 35.4 Å². The standard InChI is InChI=1S/C21H24FN3O5S2/c1-12(2)19(25-32(29,30)16-5-3-14(22)4-6-16)17(26)9-13-10-18-24-11-15(31-18)7-8-23-21(28)20(13)27/h3-6,11-13,19,25H,7-10H2,1-2H3,(H,23,28). The van der Waals surface area contributed by atoms with Crippen molar-refractivity contribution in [2.75, 3.05) is 6.54 Å². The largest absolute Gasteiger partial charge is 0.349 e. The number of thiazole rings is 1. The molecule has 11 heteroatoms. The summed E-state index contributed by atoms with van der Waals surface area (Å²) in [5.74, 6) is -3.95. The van der Waals surface area contributed by atoms with Gasteiger partial charge in [-0.05, 0) is 30.2 Å². The van der Waals surface area contributed by atoms with Crippen LogP contribution in [0, 0.1) is 17.7 Å². The van der Waals surface area contributed by atoms with E-state index in [4.69, 9.17) is 0 Å². The predicted molar refractivity (Wildman–Crippen MR) is 116 cm³/mol. The second kappa shape index (κ2) is 9.97. The van der Waals surface area contributed by atoms with Crippen molar-refractivity contribution in [3.63, 3.8) is 0 Å². The SMILES string of the molecule is CC(C)C(NS(=O)(=O)c1ccc(F)cc1)C(=O)CC1Cc2ncc(s2)CCNC(=O)C1=O. The number of hydrogen-bond donors (Lipinski definition) is 2. The molecule has 0 radical (unpaired) electrons. The lowest BCUT2D eigenvalue weighted by atomic mass is 9.88. The number of aromatic nitrogens is 1. The number of halogens is 1. The van der Waals surface area contributed by atoms with Gasteiger partial charge in [-0.1, -0.05) is 13.8 Å². The first-order chi connectivity index (χ1) is 15.1. The van der Waals surface area contributed by atoms with Crippen LogP contribution in [-0.2, 0) is 37.2 Å². The molecule has 0 saturated carbocycles. The minimum atomic E-state index is -4.10. The van der Waals surface area contributed by atoms with Crippen molar-refractivity contribution in [2.24, 2.45) is 11.8 Å². The van der Waals surface area contributed by atoms with Crippen LogP contribution in [0.2, 0.25) is 0 Å².